The van der Waals surface area contributed by atoms with Gasteiger partial charge in [-0.05, 0) is 57.8 Å². The standard InChI is InChI=1S/C35H67N2O6P/c1-6-8-10-12-14-16-17-18-19-21-23-25-27-29-35(39)36-33(32-43-44(40,41)42-31-30-37(3,4)5)34(38)28-26-24-22-20-15-13-11-9-7-2/h15-17,20,26,28,33-34,38H,6-14,18-19,21-25,27,29-32H2,1-5H3,(H-,36,39,40,41)/p+1/b17-16+,20-15+,28-26+/t33-,34+/m0/s1. The Bertz CT molecular complexity index is 825. The Morgan fingerprint density at radius 3 is 1.86 bits per heavy atom. The van der Waals surface area contributed by atoms with E-state index in [0.29, 0.717) is 17.4 Å². The summed E-state index contributed by atoms with van der Waals surface area (Å²) in [5, 5.41) is 13.6. The number of nitrogens with zero attached hydrogens (tertiary/aromatic N) is 1. The summed E-state index contributed by atoms with van der Waals surface area (Å²) in [5.41, 5.74) is 0. The van der Waals surface area contributed by atoms with Gasteiger partial charge in [-0.2, -0.15) is 0 Å². The molecule has 0 saturated carbocycles. The van der Waals surface area contributed by atoms with E-state index in [1.807, 2.05) is 27.2 Å². The molecule has 44 heavy (non-hydrogen) atoms. The molecule has 0 saturated heterocycles. The fourth-order valence-electron chi connectivity index (χ4n) is 4.46. The SMILES string of the molecule is CCCCC/C=C/CC/C=C/[C@@H](O)[C@H](COP(=O)(O)OCC[N+](C)(C)C)NC(=O)CCCCCCC/C=C/CCCCCC. The topological polar surface area (TPSA) is 105 Å². The highest BCUT2D eigenvalue weighted by molar-refractivity contribution is 7.47. The molecule has 1 unspecified atom stereocenters. The monoisotopic (exact) mass is 643 g/mol. The van der Waals surface area contributed by atoms with Crippen molar-refractivity contribution in [2.45, 2.75) is 142 Å². The molecule has 258 valence electrons. The smallest absolute Gasteiger partial charge is 0.387 e. The normalized spacial score (nSPS) is 15.3. The summed E-state index contributed by atoms with van der Waals surface area (Å²) in [6, 6.07) is -0.862. The van der Waals surface area contributed by atoms with E-state index in [1.54, 1.807) is 6.08 Å². The number of hydrogen-bond acceptors (Lipinski definition) is 5. The first-order valence-corrected chi connectivity index (χ1v) is 18.9. The van der Waals surface area contributed by atoms with Crippen LogP contribution in [0.25, 0.3) is 0 Å². The molecule has 0 bridgehead atoms. The molecule has 9 heteroatoms. The molecule has 0 aromatic heterocycles. The lowest BCUT2D eigenvalue weighted by Crippen LogP contribution is -2.45. The highest BCUT2D eigenvalue weighted by Crippen LogP contribution is 2.43. The van der Waals surface area contributed by atoms with Gasteiger partial charge in [0.05, 0.1) is 39.9 Å². The van der Waals surface area contributed by atoms with Crippen LogP contribution >= 0.6 is 7.82 Å². The first-order chi connectivity index (χ1) is 21.0. The Morgan fingerprint density at radius 2 is 1.25 bits per heavy atom. The maximum Gasteiger partial charge on any atom is 0.472 e. The van der Waals surface area contributed by atoms with Crippen LogP contribution in [0.15, 0.2) is 36.5 Å². The summed E-state index contributed by atoms with van der Waals surface area (Å²) in [6.07, 6.45) is 30.7. The van der Waals surface area contributed by atoms with Crippen molar-refractivity contribution in [3.8, 4) is 0 Å². The number of nitrogens with one attached hydrogen (secondary N) is 1. The van der Waals surface area contributed by atoms with Gasteiger partial charge in [-0.15, -0.1) is 0 Å². The third kappa shape index (κ3) is 29.4. The Labute approximate surface area is 270 Å². The minimum absolute atomic E-state index is 0.0536. The third-order valence-electron chi connectivity index (χ3n) is 7.33. The summed E-state index contributed by atoms with van der Waals surface area (Å²) < 4.78 is 23.3. The number of phosphoric acid groups is 1. The van der Waals surface area contributed by atoms with Crippen LogP contribution in [-0.4, -0.2) is 73.4 Å². The van der Waals surface area contributed by atoms with Gasteiger partial charge in [-0.3, -0.25) is 13.8 Å². The van der Waals surface area contributed by atoms with Crippen molar-refractivity contribution < 1.29 is 32.9 Å². The van der Waals surface area contributed by atoms with Gasteiger partial charge in [-0.1, -0.05) is 102 Å². The number of amides is 1. The maximum absolute atomic E-state index is 12.7. The van der Waals surface area contributed by atoms with Crippen molar-refractivity contribution in [1.82, 2.24) is 5.32 Å². The number of allylic oxidation sites excluding steroid dienone is 5. The minimum atomic E-state index is -4.33. The Balaban J connectivity index is 4.63. The van der Waals surface area contributed by atoms with Gasteiger partial charge in [-0.25, -0.2) is 4.57 Å². The largest absolute Gasteiger partial charge is 0.472 e. The summed E-state index contributed by atoms with van der Waals surface area (Å²) >= 11 is 0. The fourth-order valence-corrected chi connectivity index (χ4v) is 5.20. The number of phosphoric ester groups is 1. The molecule has 1 amide bonds. The van der Waals surface area contributed by atoms with E-state index in [-0.39, 0.29) is 19.1 Å². The number of quaternary nitrogens is 1. The molecular weight excluding hydrogens is 575 g/mol. The van der Waals surface area contributed by atoms with Gasteiger partial charge in [0.25, 0.3) is 0 Å². The summed E-state index contributed by atoms with van der Waals surface area (Å²) in [6.45, 7) is 4.68. The minimum Gasteiger partial charge on any atom is -0.387 e. The van der Waals surface area contributed by atoms with Gasteiger partial charge in [0, 0.05) is 6.42 Å². The number of carbonyl (C=O) groups is 1. The summed E-state index contributed by atoms with van der Waals surface area (Å²) in [5.74, 6) is -0.203. The van der Waals surface area contributed by atoms with Crippen LogP contribution in [0.1, 0.15) is 129 Å². The molecule has 0 aliphatic carbocycles. The fraction of sp³-hybridized carbons (Fsp3) is 0.800. The second-order valence-electron chi connectivity index (χ2n) is 12.9. The van der Waals surface area contributed by atoms with Crippen molar-refractivity contribution in [3.05, 3.63) is 36.5 Å². The zero-order valence-corrected chi connectivity index (χ0v) is 29.8. The number of likely N-dealkylation sites (N-methyl/N-ethyl adjacent to an activating group) is 1. The number of hydrogen-bond donors (Lipinski definition) is 3. The van der Waals surface area contributed by atoms with Crippen LogP contribution < -0.4 is 5.32 Å². The van der Waals surface area contributed by atoms with E-state index >= 15 is 0 Å². The lowest BCUT2D eigenvalue weighted by Gasteiger charge is -2.25. The van der Waals surface area contributed by atoms with Crippen LogP contribution in [0.4, 0.5) is 0 Å². The first-order valence-electron chi connectivity index (χ1n) is 17.4. The predicted octanol–water partition coefficient (Wildman–Crippen LogP) is 8.40. The zero-order valence-electron chi connectivity index (χ0n) is 28.9. The number of aliphatic hydroxyl groups is 1. The van der Waals surface area contributed by atoms with Gasteiger partial charge in [0.2, 0.25) is 5.91 Å². The lowest BCUT2D eigenvalue weighted by molar-refractivity contribution is -0.870. The summed E-state index contributed by atoms with van der Waals surface area (Å²) in [7, 11) is 1.54. The highest BCUT2D eigenvalue weighted by atomic mass is 31.2. The van der Waals surface area contributed by atoms with E-state index in [1.165, 1.54) is 57.8 Å². The van der Waals surface area contributed by atoms with Crippen molar-refractivity contribution in [3.63, 3.8) is 0 Å². The molecule has 0 aromatic rings. The number of carbonyl (C=O) groups excluding carboxylic acids is 1. The lowest BCUT2D eigenvalue weighted by atomic mass is 10.1. The van der Waals surface area contributed by atoms with E-state index in [0.717, 1.165) is 51.4 Å². The van der Waals surface area contributed by atoms with Crippen molar-refractivity contribution in [2.24, 2.45) is 0 Å². The predicted molar refractivity (Wildman–Crippen MR) is 184 cm³/mol. The third-order valence-corrected chi connectivity index (χ3v) is 8.32. The van der Waals surface area contributed by atoms with Gasteiger partial charge in [0.15, 0.2) is 0 Å². The molecular formula is C35H68N2O6P+. The Hall–Kier alpha value is -1.28. The van der Waals surface area contributed by atoms with E-state index < -0.39 is 20.0 Å². The molecule has 0 aliphatic rings. The molecule has 8 nitrogen and oxygen atoms in total. The van der Waals surface area contributed by atoms with E-state index in [4.69, 9.17) is 9.05 Å². The van der Waals surface area contributed by atoms with Gasteiger partial charge >= 0.3 is 7.82 Å². The van der Waals surface area contributed by atoms with Gasteiger partial charge < -0.3 is 19.8 Å². The number of rotatable bonds is 30. The molecule has 0 spiro atoms. The van der Waals surface area contributed by atoms with Crippen molar-refractivity contribution in [1.29, 1.82) is 0 Å². The highest BCUT2D eigenvalue weighted by Gasteiger charge is 2.27. The average Bonchev–Trinajstić information content (AvgIpc) is 2.95. The average molecular weight is 644 g/mol. The van der Waals surface area contributed by atoms with Crippen LogP contribution in [-0.2, 0) is 18.4 Å². The maximum atomic E-state index is 12.7. The Kier molecular flexibility index (Phi) is 27.2. The van der Waals surface area contributed by atoms with Crippen LogP contribution in [0.2, 0.25) is 0 Å². The second kappa shape index (κ2) is 28.0. The van der Waals surface area contributed by atoms with Crippen LogP contribution in [0.3, 0.4) is 0 Å². The van der Waals surface area contributed by atoms with Gasteiger partial charge in [0.1, 0.15) is 13.2 Å². The molecule has 0 aromatic carbocycles. The second-order valence-corrected chi connectivity index (χ2v) is 14.3. The molecule has 0 radical (unpaired) electrons. The number of unbranched alkanes of at least 4 members (excludes halogenated alkanes) is 13. The van der Waals surface area contributed by atoms with E-state index in [9.17, 15) is 19.4 Å². The van der Waals surface area contributed by atoms with Crippen LogP contribution in [0, 0.1) is 0 Å². The van der Waals surface area contributed by atoms with Crippen molar-refractivity contribution in [2.75, 3.05) is 40.9 Å². The zero-order chi connectivity index (χ0) is 32.9. The molecule has 0 heterocycles. The van der Waals surface area contributed by atoms with Crippen LogP contribution in [0.5, 0.6) is 0 Å². The molecule has 0 rings (SSSR count). The Morgan fingerprint density at radius 1 is 0.750 bits per heavy atom. The molecule has 3 N–H and O–H groups in total. The summed E-state index contributed by atoms with van der Waals surface area (Å²) in [4.78, 5) is 22.8. The van der Waals surface area contributed by atoms with E-state index in [2.05, 4.69) is 43.5 Å². The molecule has 0 fully saturated rings. The molecule has 0 aliphatic heterocycles. The first kappa shape index (κ1) is 42.7. The number of aliphatic hydroxyl groups excluding tert-OH is 1. The quantitative estimate of drug-likeness (QED) is 0.0314. The van der Waals surface area contributed by atoms with Crippen molar-refractivity contribution >= 4 is 13.7 Å². The molecule has 3 atom stereocenters.